The zero-order chi connectivity index (χ0) is 22.4. The third-order valence-corrected chi connectivity index (χ3v) is 4.64. The van der Waals surface area contributed by atoms with E-state index in [9.17, 15) is 20.0 Å². The number of aromatic hydroxyl groups is 1. The van der Waals surface area contributed by atoms with Crippen LogP contribution in [0.3, 0.4) is 0 Å². The highest BCUT2D eigenvalue weighted by Gasteiger charge is 2.12. The monoisotopic (exact) mass is 419 g/mol. The van der Waals surface area contributed by atoms with Gasteiger partial charge in [0.1, 0.15) is 23.9 Å². The summed E-state index contributed by atoms with van der Waals surface area (Å²) in [5, 5.41) is 20.3. The van der Waals surface area contributed by atoms with Gasteiger partial charge in [-0.25, -0.2) is 0 Å². The Balaban J connectivity index is 1.74. The Morgan fingerprint density at radius 2 is 1.84 bits per heavy atom. The van der Waals surface area contributed by atoms with E-state index >= 15 is 0 Å². The lowest BCUT2D eigenvalue weighted by molar-refractivity contribution is -0.385. The van der Waals surface area contributed by atoms with Crippen molar-refractivity contribution in [2.24, 2.45) is 0 Å². The van der Waals surface area contributed by atoms with Gasteiger partial charge in [-0.05, 0) is 67.1 Å². The van der Waals surface area contributed by atoms with Crippen LogP contribution in [0.15, 0.2) is 66.7 Å². The lowest BCUT2D eigenvalue weighted by Crippen LogP contribution is -2.00. The standard InChI is InChI=1S/C24H21NO6/c1-16-13-21(9-10-22(16)25(28)29)31-15-19-14-17(4-12-24(19)30-2)3-11-23(27)18-5-7-20(26)8-6-18/h3-14,26H,15H2,1-2H3/b11-3+. The summed E-state index contributed by atoms with van der Waals surface area (Å²) >= 11 is 0. The van der Waals surface area contributed by atoms with Crippen molar-refractivity contribution in [2.45, 2.75) is 13.5 Å². The van der Waals surface area contributed by atoms with Crippen LogP contribution in [0, 0.1) is 17.0 Å². The van der Waals surface area contributed by atoms with Crippen molar-refractivity contribution in [1.29, 1.82) is 0 Å². The van der Waals surface area contributed by atoms with Crippen molar-refractivity contribution >= 4 is 17.5 Å². The van der Waals surface area contributed by atoms with Gasteiger partial charge in [-0.15, -0.1) is 0 Å². The molecule has 0 radical (unpaired) electrons. The first-order valence-corrected chi connectivity index (χ1v) is 9.43. The summed E-state index contributed by atoms with van der Waals surface area (Å²) in [6.07, 6.45) is 3.15. The number of hydrogen-bond acceptors (Lipinski definition) is 6. The molecule has 0 heterocycles. The molecule has 0 bridgehead atoms. The zero-order valence-electron chi connectivity index (χ0n) is 17.1. The number of ether oxygens (including phenoxy) is 2. The number of hydrogen-bond donors (Lipinski definition) is 1. The van der Waals surface area contributed by atoms with Crippen molar-refractivity contribution in [2.75, 3.05) is 7.11 Å². The maximum absolute atomic E-state index is 12.3. The Morgan fingerprint density at radius 3 is 2.48 bits per heavy atom. The summed E-state index contributed by atoms with van der Waals surface area (Å²) in [6, 6.07) is 16.1. The second-order valence-corrected chi connectivity index (χ2v) is 6.81. The smallest absolute Gasteiger partial charge is 0.272 e. The number of carbonyl (C=O) groups excluding carboxylic acids is 1. The average molecular weight is 419 g/mol. The Kier molecular flexibility index (Phi) is 6.67. The number of phenols is 1. The molecule has 1 N–H and O–H groups in total. The second-order valence-electron chi connectivity index (χ2n) is 6.81. The summed E-state index contributed by atoms with van der Waals surface area (Å²) in [7, 11) is 1.55. The summed E-state index contributed by atoms with van der Waals surface area (Å²) < 4.78 is 11.2. The minimum Gasteiger partial charge on any atom is -0.508 e. The Morgan fingerprint density at radius 1 is 1.10 bits per heavy atom. The molecule has 31 heavy (non-hydrogen) atoms. The predicted octanol–water partition coefficient (Wildman–Crippen LogP) is 5.09. The highest BCUT2D eigenvalue weighted by atomic mass is 16.6. The largest absolute Gasteiger partial charge is 0.508 e. The van der Waals surface area contributed by atoms with E-state index in [0.717, 1.165) is 11.1 Å². The maximum atomic E-state index is 12.3. The van der Waals surface area contributed by atoms with Gasteiger partial charge in [0, 0.05) is 22.8 Å². The molecule has 0 aromatic heterocycles. The summed E-state index contributed by atoms with van der Waals surface area (Å²) in [6.45, 7) is 1.84. The molecule has 0 aliphatic rings. The van der Waals surface area contributed by atoms with Gasteiger partial charge in [0.25, 0.3) is 5.69 Å². The van der Waals surface area contributed by atoms with E-state index in [1.165, 1.54) is 24.3 Å². The molecule has 3 rings (SSSR count). The molecule has 7 nitrogen and oxygen atoms in total. The van der Waals surface area contributed by atoms with Crippen molar-refractivity contribution in [3.63, 3.8) is 0 Å². The predicted molar refractivity (Wildman–Crippen MR) is 117 cm³/mol. The van der Waals surface area contributed by atoms with E-state index in [-0.39, 0.29) is 23.8 Å². The molecular formula is C24H21NO6. The average Bonchev–Trinajstić information content (AvgIpc) is 2.76. The number of nitro groups is 1. The fourth-order valence-electron chi connectivity index (χ4n) is 2.99. The summed E-state index contributed by atoms with van der Waals surface area (Å²) in [5.41, 5.74) is 2.57. The number of ketones is 1. The molecule has 0 unspecified atom stereocenters. The van der Waals surface area contributed by atoms with Gasteiger partial charge < -0.3 is 14.6 Å². The van der Waals surface area contributed by atoms with Gasteiger partial charge in [0.05, 0.1) is 12.0 Å². The molecule has 7 heteroatoms. The number of rotatable bonds is 8. The molecule has 0 atom stereocenters. The number of allylic oxidation sites excluding steroid dienone is 1. The lowest BCUT2D eigenvalue weighted by atomic mass is 10.1. The van der Waals surface area contributed by atoms with E-state index < -0.39 is 4.92 Å². The van der Waals surface area contributed by atoms with Gasteiger partial charge in [-0.2, -0.15) is 0 Å². The Bertz CT molecular complexity index is 1140. The minimum absolute atomic E-state index is 0.0374. The molecule has 3 aromatic carbocycles. The van der Waals surface area contributed by atoms with Crippen LogP contribution in [0.5, 0.6) is 17.2 Å². The molecule has 0 spiro atoms. The van der Waals surface area contributed by atoms with Crippen LogP contribution in [0.4, 0.5) is 5.69 Å². The molecule has 0 fully saturated rings. The van der Waals surface area contributed by atoms with Crippen LogP contribution < -0.4 is 9.47 Å². The molecule has 158 valence electrons. The maximum Gasteiger partial charge on any atom is 0.272 e. The van der Waals surface area contributed by atoms with E-state index in [0.29, 0.717) is 22.6 Å². The van der Waals surface area contributed by atoms with E-state index in [4.69, 9.17) is 9.47 Å². The third kappa shape index (κ3) is 5.48. The van der Waals surface area contributed by atoms with Crippen molar-refractivity contribution in [3.8, 4) is 17.2 Å². The van der Waals surface area contributed by atoms with Crippen LogP contribution in [0.25, 0.3) is 6.08 Å². The van der Waals surface area contributed by atoms with Crippen LogP contribution in [-0.4, -0.2) is 22.9 Å². The first-order valence-electron chi connectivity index (χ1n) is 9.43. The van der Waals surface area contributed by atoms with Gasteiger partial charge in [-0.1, -0.05) is 12.1 Å². The first kappa shape index (κ1) is 21.6. The highest BCUT2D eigenvalue weighted by molar-refractivity contribution is 6.06. The van der Waals surface area contributed by atoms with Crippen LogP contribution in [-0.2, 0) is 6.61 Å². The topological polar surface area (TPSA) is 98.9 Å². The lowest BCUT2D eigenvalue weighted by Gasteiger charge is -2.12. The van der Waals surface area contributed by atoms with E-state index in [2.05, 4.69) is 0 Å². The van der Waals surface area contributed by atoms with Crippen LogP contribution in [0.1, 0.15) is 27.0 Å². The number of benzene rings is 3. The molecule has 0 aliphatic carbocycles. The third-order valence-electron chi connectivity index (χ3n) is 4.64. The van der Waals surface area contributed by atoms with Gasteiger partial charge in [-0.3, -0.25) is 14.9 Å². The summed E-state index contributed by atoms with van der Waals surface area (Å²) in [5.74, 6) is 1.05. The highest BCUT2D eigenvalue weighted by Crippen LogP contribution is 2.26. The second kappa shape index (κ2) is 9.58. The number of phenolic OH excluding ortho intramolecular Hbond substituents is 1. The molecule has 0 saturated carbocycles. The normalized spacial score (nSPS) is 10.8. The van der Waals surface area contributed by atoms with Gasteiger partial charge >= 0.3 is 0 Å². The SMILES string of the molecule is COc1ccc(/C=C/C(=O)c2ccc(O)cc2)cc1COc1ccc([N+](=O)[O-])c(C)c1. The van der Waals surface area contributed by atoms with E-state index in [1.807, 2.05) is 12.1 Å². The Labute approximate surface area is 179 Å². The van der Waals surface area contributed by atoms with Gasteiger partial charge in [0.2, 0.25) is 0 Å². The number of carbonyl (C=O) groups is 1. The molecule has 0 saturated heterocycles. The number of methoxy groups -OCH3 is 1. The Hall–Kier alpha value is -4.13. The first-order chi connectivity index (χ1) is 14.9. The van der Waals surface area contributed by atoms with Gasteiger partial charge in [0.15, 0.2) is 5.78 Å². The fraction of sp³-hybridized carbons (Fsp3) is 0.125. The van der Waals surface area contributed by atoms with Crippen molar-refractivity contribution in [3.05, 3.63) is 99.1 Å². The van der Waals surface area contributed by atoms with Crippen LogP contribution >= 0.6 is 0 Å². The fourth-order valence-corrected chi connectivity index (χ4v) is 2.99. The van der Waals surface area contributed by atoms with Crippen molar-refractivity contribution in [1.82, 2.24) is 0 Å². The molecule has 0 aliphatic heterocycles. The van der Waals surface area contributed by atoms with E-state index in [1.54, 1.807) is 50.4 Å². The number of nitro benzene ring substituents is 1. The molecular weight excluding hydrogens is 398 g/mol. The quantitative estimate of drug-likeness (QED) is 0.236. The summed E-state index contributed by atoms with van der Waals surface area (Å²) in [4.78, 5) is 22.8. The van der Waals surface area contributed by atoms with Crippen LogP contribution in [0.2, 0.25) is 0 Å². The molecule has 3 aromatic rings. The molecule has 0 amide bonds. The zero-order valence-corrected chi connectivity index (χ0v) is 17.1. The number of nitrogens with zero attached hydrogens (tertiary/aromatic N) is 1. The minimum atomic E-state index is -0.433. The van der Waals surface area contributed by atoms with Crippen molar-refractivity contribution < 1.29 is 24.3 Å². The number of aryl methyl sites for hydroxylation is 1.